The lowest BCUT2D eigenvalue weighted by Crippen LogP contribution is -2.33. The van der Waals surface area contributed by atoms with Crippen molar-refractivity contribution in [3.05, 3.63) is 0 Å². The number of carbonyl (C=O) groups is 3. The quantitative estimate of drug-likeness (QED) is 0.340. The fourth-order valence-corrected chi connectivity index (χ4v) is 1.23. The highest BCUT2D eigenvalue weighted by Crippen LogP contribution is 1.96. The number of nitrogens with one attached hydrogen (secondary N) is 2. The Morgan fingerprint density at radius 3 is 2.50 bits per heavy atom. The van der Waals surface area contributed by atoms with E-state index in [9.17, 15) is 14.4 Å². The molecule has 0 aliphatic heterocycles. The number of rotatable bonds is 9. The van der Waals surface area contributed by atoms with E-state index in [4.69, 9.17) is 0 Å². The molecule has 0 aliphatic rings. The van der Waals surface area contributed by atoms with Gasteiger partial charge in [0.2, 0.25) is 12.2 Å². The fourth-order valence-electron chi connectivity index (χ4n) is 1.23. The molecule has 92 valence electrons. The molecule has 0 aromatic rings. The lowest BCUT2D eigenvalue weighted by atomic mass is 10.2. The van der Waals surface area contributed by atoms with Gasteiger partial charge in [-0.05, 0) is 13.0 Å². The minimum atomic E-state index is -0.882. The standard InChI is InChI=1S/C11H20N2O3/c1-2-3-4-5-7-12-8-6-10(15)13-11(16)9-14/h9,12H,2-8H2,1H3,(H,13,15,16). The van der Waals surface area contributed by atoms with E-state index in [1.165, 1.54) is 19.3 Å². The topological polar surface area (TPSA) is 75.3 Å². The summed E-state index contributed by atoms with van der Waals surface area (Å²) < 4.78 is 0. The third-order valence-electron chi connectivity index (χ3n) is 2.11. The molecule has 0 fully saturated rings. The van der Waals surface area contributed by atoms with Crippen molar-refractivity contribution in [2.45, 2.75) is 39.0 Å². The zero-order valence-corrected chi connectivity index (χ0v) is 9.75. The second-order valence-corrected chi connectivity index (χ2v) is 3.59. The van der Waals surface area contributed by atoms with Crippen molar-refractivity contribution in [2.75, 3.05) is 13.1 Å². The zero-order valence-electron chi connectivity index (χ0n) is 9.75. The van der Waals surface area contributed by atoms with Gasteiger partial charge in [0.25, 0.3) is 5.91 Å². The van der Waals surface area contributed by atoms with E-state index < -0.39 is 11.8 Å². The minimum Gasteiger partial charge on any atom is -0.316 e. The maximum absolute atomic E-state index is 11.0. The number of amides is 2. The number of hydrogen-bond donors (Lipinski definition) is 2. The van der Waals surface area contributed by atoms with Crippen LogP contribution in [0.3, 0.4) is 0 Å². The smallest absolute Gasteiger partial charge is 0.290 e. The number of aldehydes is 1. The number of hydrogen-bond acceptors (Lipinski definition) is 4. The van der Waals surface area contributed by atoms with Gasteiger partial charge in [-0.25, -0.2) is 0 Å². The van der Waals surface area contributed by atoms with Crippen LogP contribution in [-0.2, 0) is 14.4 Å². The Morgan fingerprint density at radius 1 is 1.12 bits per heavy atom. The highest BCUT2D eigenvalue weighted by atomic mass is 16.2. The van der Waals surface area contributed by atoms with Crippen LogP contribution in [0.5, 0.6) is 0 Å². The van der Waals surface area contributed by atoms with Gasteiger partial charge in [0.05, 0.1) is 0 Å². The van der Waals surface area contributed by atoms with Crippen LogP contribution in [-0.4, -0.2) is 31.2 Å². The van der Waals surface area contributed by atoms with E-state index in [0.717, 1.165) is 13.0 Å². The van der Waals surface area contributed by atoms with Crippen molar-refractivity contribution in [3.63, 3.8) is 0 Å². The SMILES string of the molecule is CCCCCCNCCC(=O)NC(=O)C=O. The van der Waals surface area contributed by atoms with Gasteiger partial charge in [-0.1, -0.05) is 26.2 Å². The number of imide groups is 1. The summed E-state index contributed by atoms with van der Waals surface area (Å²) in [5.74, 6) is -1.30. The highest BCUT2D eigenvalue weighted by molar-refractivity contribution is 6.27. The summed E-state index contributed by atoms with van der Waals surface area (Å²) in [5.41, 5.74) is 0. The van der Waals surface area contributed by atoms with Crippen molar-refractivity contribution in [2.24, 2.45) is 0 Å². The van der Waals surface area contributed by atoms with E-state index in [2.05, 4.69) is 12.2 Å². The predicted octanol–water partition coefficient (Wildman–Crippen LogP) is 0.388. The molecule has 0 aromatic carbocycles. The molecule has 0 unspecified atom stereocenters. The Bertz CT molecular complexity index is 229. The van der Waals surface area contributed by atoms with Crippen molar-refractivity contribution in [1.82, 2.24) is 10.6 Å². The van der Waals surface area contributed by atoms with Crippen LogP contribution in [0.15, 0.2) is 0 Å². The second-order valence-electron chi connectivity index (χ2n) is 3.59. The predicted molar refractivity (Wildman–Crippen MR) is 60.8 cm³/mol. The maximum atomic E-state index is 11.0. The molecule has 0 aromatic heterocycles. The summed E-state index contributed by atoms with van der Waals surface area (Å²) >= 11 is 0. The first-order chi connectivity index (χ1) is 7.70. The number of unbranched alkanes of at least 4 members (excludes halogenated alkanes) is 3. The van der Waals surface area contributed by atoms with Crippen LogP contribution in [0.4, 0.5) is 0 Å². The Labute approximate surface area is 96.0 Å². The third kappa shape index (κ3) is 9.33. The molecule has 2 amide bonds. The zero-order chi connectivity index (χ0) is 12.2. The highest BCUT2D eigenvalue weighted by Gasteiger charge is 2.04. The largest absolute Gasteiger partial charge is 0.316 e. The van der Waals surface area contributed by atoms with Crippen molar-refractivity contribution < 1.29 is 14.4 Å². The first kappa shape index (κ1) is 14.8. The molecule has 5 nitrogen and oxygen atoms in total. The molecule has 0 spiro atoms. The van der Waals surface area contributed by atoms with Crippen molar-refractivity contribution in [1.29, 1.82) is 0 Å². The maximum Gasteiger partial charge on any atom is 0.290 e. The first-order valence-electron chi connectivity index (χ1n) is 5.70. The van der Waals surface area contributed by atoms with E-state index in [1.54, 1.807) is 0 Å². The Kier molecular flexibility index (Phi) is 9.50. The average Bonchev–Trinajstić information content (AvgIpc) is 2.27. The molecule has 0 bridgehead atoms. The molecule has 0 rings (SSSR count). The van der Waals surface area contributed by atoms with Crippen LogP contribution in [0.25, 0.3) is 0 Å². The molecule has 0 saturated heterocycles. The van der Waals surface area contributed by atoms with Crippen LogP contribution in [0, 0.1) is 0 Å². The van der Waals surface area contributed by atoms with Crippen LogP contribution < -0.4 is 10.6 Å². The van der Waals surface area contributed by atoms with Crippen LogP contribution >= 0.6 is 0 Å². The molecule has 0 atom stereocenters. The molecular formula is C11H20N2O3. The molecule has 16 heavy (non-hydrogen) atoms. The summed E-state index contributed by atoms with van der Waals surface area (Å²) in [4.78, 5) is 31.5. The Morgan fingerprint density at radius 2 is 1.88 bits per heavy atom. The molecule has 0 heterocycles. The van der Waals surface area contributed by atoms with Gasteiger partial charge in [-0.2, -0.15) is 0 Å². The third-order valence-corrected chi connectivity index (χ3v) is 2.11. The van der Waals surface area contributed by atoms with Gasteiger partial charge < -0.3 is 5.32 Å². The normalized spacial score (nSPS) is 9.81. The minimum absolute atomic E-state index is 0.0933. The van der Waals surface area contributed by atoms with E-state index in [1.807, 2.05) is 5.32 Å². The first-order valence-corrected chi connectivity index (χ1v) is 5.70. The molecular weight excluding hydrogens is 208 g/mol. The van der Waals surface area contributed by atoms with Gasteiger partial charge >= 0.3 is 0 Å². The van der Waals surface area contributed by atoms with Gasteiger partial charge in [-0.15, -0.1) is 0 Å². The van der Waals surface area contributed by atoms with Crippen molar-refractivity contribution in [3.8, 4) is 0 Å². The van der Waals surface area contributed by atoms with E-state index in [0.29, 0.717) is 6.54 Å². The van der Waals surface area contributed by atoms with Crippen LogP contribution in [0.1, 0.15) is 39.0 Å². The fraction of sp³-hybridized carbons (Fsp3) is 0.727. The monoisotopic (exact) mass is 228 g/mol. The summed E-state index contributed by atoms with van der Waals surface area (Å²) in [6, 6.07) is 0. The van der Waals surface area contributed by atoms with Gasteiger partial charge in [-0.3, -0.25) is 19.7 Å². The number of carbonyl (C=O) groups excluding carboxylic acids is 3. The summed E-state index contributed by atoms with van der Waals surface area (Å²) in [6.07, 6.45) is 5.04. The molecule has 5 heteroatoms. The van der Waals surface area contributed by atoms with E-state index in [-0.39, 0.29) is 12.7 Å². The van der Waals surface area contributed by atoms with Crippen molar-refractivity contribution >= 4 is 18.1 Å². The second kappa shape index (κ2) is 10.3. The van der Waals surface area contributed by atoms with Gasteiger partial charge in [0.1, 0.15) is 0 Å². The lowest BCUT2D eigenvalue weighted by Gasteiger charge is -2.03. The Balaban J connectivity index is 3.28. The van der Waals surface area contributed by atoms with E-state index >= 15 is 0 Å². The van der Waals surface area contributed by atoms with Gasteiger partial charge in [0.15, 0.2) is 0 Å². The molecule has 0 saturated carbocycles. The molecule has 0 radical (unpaired) electrons. The average molecular weight is 228 g/mol. The lowest BCUT2D eigenvalue weighted by molar-refractivity contribution is -0.136. The Hall–Kier alpha value is -1.23. The van der Waals surface area contributed by atoms with Gasteiger partial charge in [0, 0.05) is 13.0 Å². The summed E-state index contributed by atoms with van der Waals surface area (Å²) in [7, 11) is 0. The summed E-state index contributed by atoms with van der Waals surface area (Å²) in [6.45, 7) is 3.57. The molecule has 0 aliphatic carbocycles. The summed E-state index contributed by atoms with van der Waals surface area (Å²) in [5, 5.41) is 5.06. The van der Waals surface area contributed by atoms with Crippen LogP contribution in [0.2, 0.25) is 0 Å². The molecule has 2 N–H and O–H groups in total.